The highest BCUT2D eigenvalue weighted by Gasteiger charge is 2.24. The van der Waals surface area contributed by atoms with Crippen molar-refractivity contribution in [1.29, 1.82) is 0 Å². The first-order valence-corrected chi connectivity index (χ1v) is 5.54. The second-order valence-electron chi connectivity index (χ2n) is 4.49. The van der Waals surface area contributed by atoms with Crippen LogP contribution in [-0.2, 0) is 0 Å². The lowest BCUT2D eigenvalue weighted by Crippen LogP contribution is -2.26. The Morgan fingerprint density at radius 3 is 2.75 bits per heavy atom. The van der Waals surface area contributed by atoms with E-state index in [9.17, 15) is 9.18 Å². The molecule has 16 heavy (non-hydrogen) atoms. The van der Waals surface area contributed by atoms with Crippen LogP contribution in [-0.4, -0.2) is 16.9 Å². The van der Waals surface area contributed by atoms with Gasteiger partial charge < -0.3 is 5.32 Å². The van der Waals surface area contributed by atoms with Crippen molar-refractivity contribution < 1.29 is 9.18 Å². The van der Waals surface area contributed by atoms with Gasteiger partial charge in [0.25, 0.3) is 5.91 Å². The lowest BCUT2D eigenvalue weighted by Gasteiger charge is -2.08. The van der Waals surface area contributed by atoms with E-state index in [1.54, 1.807) is 0 Å². The molecule has 2 rings (SSSR count). The van der Waals surface area contributed by atoms with E-state index in [-0.39, 0.29) is 29.4 Å². The first-order valence-electron chi connectivity index (χ1n) is 5.54. The molecule has 0 spiro atoms. The van der Waals surface area contributed by atoms with Gasteiger partial charge >= 0.3 is 0 Å². The largest absolute Gasteiger partial charge is 0.348 e. The van der Waals surface area contributed by atoms with Crippen molar-refractivity contribution >= 4 is 5.91 Å². The molecule has 1 amide bonds. The van der Waals surface area contributed by atoms with Gasteiger partial charge in [-0.2, -0.15) is 0 Å². The molecule has 0 aromatic carbocycles. The van der Waals surface area contributed by atoms with Crippen LogP contribution >= 0.6 is 0 Å². The Labute approximate surface area is 94.1 Å². The summed E-state index contributed by atoms with van der Waals surface area (Å²) >= 11 is 0. The number of rotatable bonds is 3. The van der Waals surface area contributed by atoms with Gasteiger partial charge in [0.1, 0.15) is 11.5 Å². The Kier molecular flexibility index (Phi) is 2.90. The lowest BCUT2D eigenvalue weighted by atomic mass is 10.0. The predicted molar refractivity (Wildman–Crippen MR) is 58.8 cm³/mol. The molecule has 0 bridgehead atoms. The van der Waals surface area contributed by atoms with E-state index in [2.05, 4.69) is 10.3 Å². The third-order valence-electron chi connectivity index (χ3n) is 2.65. The SMILES string of the molecule is CC(C)c1cnc(C(=O)NC2CC2)cc1F. The third-order valence-corrected chi connectivity index (χ3v) is 2.65. The molecule has 1 aliphatic carbocycles. The van der Waals surface area contributed by atoms with Crippen LogP contribution in [0.25, 0.3) is 0 Å². The summed E-state index contributed by atoms with van der Waals surface area (Å²) in [7, 11) is 0. The summed E-state index contributed by atoms with van der Waals surface area (Å²) in [5.41, 5.74) is 0.705. The van der Waals surface area contributed by atoms with Gasteiger partial charge in [-0.25, -0.2) is 4.39 Å². The number of carbonyl (C=O) groups excluding carboxylic acids is 1. The Hall–Kier alpha value is -1.45. The van der Waals surface area contributed by atoms with E-state index in [4.69, 9.17) is 0 Å². The molecule has 1 aromatic rings. The molecule has 4 heteroatoms. The number of pyridine rings is 1. The smallest absolute Gasteiger partial charge is 0.270 e. The van der Waals surface area contributed by atoms with Crippen molar-refractivity contribution in [3.63, 3.8) is 0 Å². The summed E-state index contributed by atoms with van der Waals surface area (Å²) in [5.74, 6) is -0.560. The first kappa shape index (κ1) is 11.0. The Bertz CT molecular complexity index is 413. The van der Waals surface area contributed by atoms with Crippen LogP contribution in [0.5, 0.6) is 0 Å². The van der Waals surface area contributed by atoms with Crippen molar-refractivity contribution in [1.82, 2.24) is 10.3 Å². The van der Waals surface area contributed by atoms with Crippen molar-refractivity contribution in [3.8, 4) is 0 Å². The second-order valence-corrected chi connectivity index (χ2v) is 4.49. The van der Waals surface area contributed by atoms with Crippen LogP contribution in [0.1, 0.15) is 48.7 Å². The van der Waals surface area contributed by atoms with E-state index in [1.165, 1.54) is 12.3 Å². The number of amides is 1. The molecular weight excluding hydrogens is 207 g/mol. The number of halogens is 1. The fourth-order valence-electron chi connectivity index (χ4n) is 1.48. The van der Waals surface area contributed by atoms with Crippen LogP contribution in [0, 0.1) is 5.82 Å². The van der Waals surface area contributed by atoms with Crippen LogP contribution in [0.4, 0.5) is 4.39 Å². The molecule has 1 aliphatic rings. The molecule has 0 aliphatic heterocycles. The van der Waals surface area contributed by atoms with Gasteiger partial charge in [-0.15, -0.1) is 0 Å². The van der Waals surface area contributed by atoms with Crippen molar-refractivity contribution in [2.45, 2.75) is 38.6 Å². The van der Waals surface area contributed by atoms with Gasteiger partial charge in [0.2, 0.25) is 0 Å². The molecule has 0 radical (unpaired) electrons. The minimum Gasteiger partial charge on any atom is -0.348 e. The summed E-state index contributed by atoms with van der Waals surface area (Å²) in [6.07, 6.45) is 3.47. The molecule has 1 saturated carbocycles. The standard InChI is InChI=1S/C12H15FN2O/c1-7(2)9-6-14-11(5-10(9)13)12(16)15-8-3-4-8/h5-8H,3-4H2,1-2H3,(H,15,16). The monoisotopic (exact) mass is 222 g/mol. The topological polar surface area (TPSA) is 42.0 Å². The Morgan fingerprint density at radius 2 is 2.25 bits per heavy atom. The number of hydrogen-bond acceptors (Lipinski definition) is 2. The second kappa shape index (κ2) is 4.20. The van der Waals surface area contributed by atoms with Gasteiger partial charge in [-0.05, 0) is 18.8 Å². The highest BCUT2D eigenvalue weighted by Crippen LogP contribution is 2.20. The highest BCUT2D eigenvalue weighted by atomic mass is 19.1. The molecule has 0 atom stereocenters. The van der Waals surface area contributed by atoms with Gasteiger partial charge in [0, 0.05) is 23.9 Å². The molecular formula is C12H15FN2O. The maximum absolute atomic E-state index is 13.6. The summed E-state index contributed by atoms with van der Waals surface area (Å²) in [4.78, 5) is 15.6. The minimum atomic E-state index is -0.356. The fourth-order valence-corrected chi connectivity index (χ4v) is 1.48. The molecule has 0 unspecified atom stereocenters. The van der Waals surface area contributed by atoms with Crippen molar-refractivity contribution in [2.75, 3.05) is 0 Å². The zero-order valence-corrected chi connectivity index (χ0v) is 9.46. The molecule has 1 heterocycles. The van der Waals surface area contributed by atoms with E-state index < -0.39 is 0 Å². The number of carbonyl (C=O) groups is 1. The molecule has 1 fully saturated rings. The fraction of sp³-hybridized carbons (Fsp3) is 0.500. The zero-order valence-electron chi connectivity index (χ0n) is 9.46. The van der Waals surface area contributed by atoms with Crippen LogP contribution in [0.15, 0.2) is 12.3 Å². The molecule has 0 saturated heterocycles. The number of hydrogen-bond donors (Lipinski definition) is 1. The maximum Gasteiger partial charge on any atom is 0.270 e. The average molecular weight is 222 g/mol. The molecule has 1 aromatic heterocycles. The van der Waals surface area contributed by atoms with Gasteiger partial charge in [-0.3, -0.25) is 9.78 Å². The summed E-state index contributed by atoms with van der Waals surface area (Å²) in [6, 6.07) is 1.48. The van der Waals surface area contributed by atoms with E-state index in [1.807, 2.05) is 13.8 Å². The quantitative estimate of drug-likeness (QED) is 0.852. The van der Waals surface area contributed by atoms with Crippen LogP contribution < -0.4 is 5.32 Å². The predicted octanol–water partition coefficient (Wildman–Crippen LogP) is 2.24. The molecule has 86 valence electrons. The summed E-state index contributed by atoms with van der Waals surface area (Å²) in [6.45, 7) is 3.79. The number of nitrogens with one attached hydrogen (secondary N) is 1. The minimum absolute atomic E-state index is 0.0769. The zero-order chi connectivity index (χ0) is 11.7. The van der Waals surface area contributed by atoms with Crippen LogP contribution in [0.2, 0.25) is 0 Å². The normalized spacial score (nSPS) is 15.2. The van der Waals surface area contributed by atoms with Crippen molar-refractivity contribution in [2.24, 2.45) is 0 Å². The average Bonchev–Trinajstić information content (AvgIpc) is 3.00. The van der Waals surface area contributed by atoms with Crippen molar-refractivity contribution in [3.05, 3.63) is 29.3 Å². The third kappa shape index (κ3) is 2.38. The lowest BCUT2D eigenvalue weighted by molar-refractivity contribution is 0.0945. The van der Waals surface area contributed by atoms with Crippen LogP contribution in [0.3, 0.4) is 0 Å². The first-order chi connectivity index (χ1) is 7.58. The highest BCUT2D eigenvalue weighted by molar-refractivity contribution is 5.92. The number of nitrogens with zero attached hydrogens (tertiary/aromatic N) is 1. The van der Waals surface area contributed by atoms with Gasteiger partial charge in [-0.1, -0.05) is 13.8 Å². The summed E-state index contributed by atoms with van der Waals surface area (Å²) in [5, 5.41) is 2.78. The summed E-state index contributed by atoms with van der Waals surface area (Å²) < 4.78 is 13.6. The van der Waals surface area contributed by atoms with Gasteiger partial charge in [0.15, 0.2) is 0 Å². The Balaban J connectivity index is 2.16. The molecule has 3 nitrogen and oxygen atoms in total. The maximum atomic E-state index is 13.6. The van der Waals surface area contributed by atoms with E-state index >= 15 is 0 Å². The Morgan fingerprint density at radius 1 is 1.56 bits per heavy atom. The van der Waals surface area contributed by atoms with E-state index in [0.29, 0.717) is 5.56 Å². The van der Waals surface area contributed by atoms with E-state index in [0.717, 1.165) is 12.8 Å². The number of aromatic nitrogens is 1. The van der Waals surface area contributed by atoms with Gasteiger partial charge in [0.05, 0.1) is 0 Å². The molecule has 1 N–H and O–H groups in total.